The summed E-state index contributed by atoms with van der Waals surface area (Å²) in [5, 5.41) is 0.714. The van der Waals surface area contributed by atoms with Gasteiger partial charge in [-0.2, -0.15) is 0 Å². The highest BCUT2D eigenvalue weighted by Crippen LogP contribution is 2.17. The lowest BCUT2D eigenvalue weighted by Crippen LogP contribution is -2.26. The van der Waals surface area contributed by atoms with Crippen molar-refractivity contribution in [2.24, 2.45) is 0 Å². The van der Waals surface area contributed by atoms with Gasteiger partial charge in [-0.1, -0.05) is 50.1 Å². The standard InChI is InChI=1S/C11H13Br2NO/c1-14(11(15)6-7-12)8-9-4-2-3-5-10(9)13/h2-5H,6-8H2,1H3. The van der Waals surface area contributed by atoms with Crippen LogP contribution in [0.25, 0.3) is 0 Å². The van der Waals surface area contributed by atoms with E-state index < -0.39 is 0 Å². The van der Waals surface area contributed by atoms with Crippen LogP contribution in [0, 0.1) is 0 Å². The minimum Gasteiger partial charge on any atom is -0.341 e. The van der Waals surface area contributed by atoms with E-state index in [4.69, 9.17) is 0 Å². The van der Waals surface area contributed by atoms with Gasteiger partial charge in [-0.05, 0) is 11.6 Å². The molecule has 2 nitrogen and oxygen atoms in total. The Morgan fingerprint density at radius 3 is 2.67 bits per heavy atom. The van der Waals surface area contributed by atoms with Crippen LogP contribution in [0.5, 0.6) is 0 Å². The molecule has 0 atom stereocenters. The number of carbonyl (C=O) groups is 1. The maximum Gasteiger partial charge on any atom is 0.223 e. The Bertz CT molecular complexity index is 341. The van der Waals surface area contributed by atoms with Gasteiger partial charge in [0.25, 0.3) is 0 Å². The molecule has 0 aliphatic rings. The molecule has 0 bridgehead atoms. The highest BCUT2D eigenvalue weighted by atomic mass is 79.9. The predicted molar refractivity (Wildman–Crippen MR) is 69.0 cm³/mol. The second-order valence-corrected chi connectivity index (χ2v) is 4.93. The van der Waals surface area contributed by atoms with E-state index in [2.05, 4.69) is 31.9 Å². The molecular weight excluding hydrogens is 322 g/mol. The van der Waals surface area contributed by atoms with Crippen LogP contribution in [0.15, 0.2) is 28.7 Å². The van der Waals surface area contributed by atoms with E-state index in [0.29, 0.717) is 18.3 Å². The Balaban J connectivity index is 2.62. The number of hydrogen-bond donors (Lipinski definition) is 0. The average molecular weight is 335 g/mol. The van der Waals surface area contributed by atoms with E-state index in [-0.39, 0.29) is 5.91 Å². The third-order valence-corrected chi connectivity index (χ3v) is 3.27. The molecule has 0 N–H and O–H groups in total. The zero-order valence-corrected chi connectivity index (χ0v) is 11.7. The summed E-state index contributed by atoms with van der Waals surface area (Å²) in [7, 11) is 1.82. The molecule has 1 rings (SSSR count). The van der Waals surface area contributed by atoms with E-state index in [1.165, 1.54) is 0 Å². The predicted octanol–water partition coefficient (Wildman–Crippen LogP) is 3.19. The zero-order chi connectivity index (χ0) is 11.3. The summed E-state index contributed by atoms with van der Waals surface area (Å²) in [6.07, 6.45) is 0.543. The fraction of sp³-hybridized carbons (Fsp3) is 0.364. The summed E-state index contributed by atoms with van der Waals surface area (Å²) < 4.78 is 1.04. The van der Waals surface area contributed by atoms with Crippen molar-refractivity contribution in [3.8, 4) is 0 Å². The van der Waals surface area contributed by atoms with E-state index >= 15 is 0 Å². The molecular formula is C11H13Br2NO. The Morgan fingerprint density at radius 1 is 1.40 bits per heavy atom. The summed E-state index contributed by atoms with van der Waals surface area (Å²) in [6.45, 7) is 0.646. The van der Waals surface area contributed by atoms with Crippen LogP contribution in [0.2, 0.25) is 0 Å². The topological polar surface area (TPSA) is 20.3 Å². The van der Waals surface area contributed by atoms with Crippen LogP contribution in [-0.2, 0) is 11.3 Å². The molecule has 0 unspecified atom stereocenters. The average Bonchev–Trinajstić information content (AvgIpc) is 2.21. The quantitative estimate of drug-likeness (QED) is 0.774. The second kappa shape index (κ2) is 6.28. The first-order valence-electron chi connectivity index (χ1n) is 4.68. The molecule has 0 fully saturated rings. The molecule has 0 aliphatic heterocycles. The molecule has 1 amide bonds. The number of hydrogen-bond acceptors (Lipinski definition) is 1. The summed E-state index contributed by atoms with van der Waals surface area (Å²) >= 11 is 6.73. The lowest BCUT2D eigenvalue weighted by molar-refractivity contribution is -0.129. The first kappa shape index (κ1) is 12.7. The van der Waals surface area contributed by atoms with E-state index in [1.54, 1.807) is 4.90 Å². The molecule has 4 heteroatoms. The minimum atomic E-state index is 0.155. The maximum atomic E-state index is 11.5. The Hall–Kier alpha value is -0.350. The van der Waals surface area contributed by atoms with Crippen LogP contribution in [-0.4, -0.2) is 23.2 Å². The molecule has 0 heterocycles. The van der Waals surface area contributed by atoms with Crippen molar-refractivity contribution in [1.29, 1.82) is 0 Å². The molecule has 0 spiro atoms. The Morgan fingerprint density at radius 2 is 2.07 bits per heavy atom. The number of alkyl halides is 1. The number of nitrogens with zero attached hydrogens (tertiary/aromatic N) is 1. The monoisotopic (exact) mass is 333 g/mol. The first-order valence-corrected chi connectivity index (χ1v) is 6.60. The summed E-state index contributed by atoms with van der Waals surface area (Å²) in [4.78, 5) is 13.3. The molecule has 0 aliphatic carbocycles. The van der Waals surface area contributed by atoms with E-state index in [0.717, 1.165) is 10.0 Å². The largest absolute Gasteiger partial charge is 0.341 e. The number of amides is 1. The smallest absolute Gasteiger partial charge is 0.223 e. The van der Waals surface area contributed by atoms with Crippen LogP contribution in [0.1, 0.15) is 12.0 Å². The minimum absolute atomic E-state index is 0.155. The van der Waals surface area contributed by atoms with Gasteiger partial charge in [-0.15, -0.1) is 0 Å². The number of benzene rings is 1. The van der Waals surface area contributed by atoms with Gasteiger partial charge in [0.15, 0.2) is 0 Å². The summed E-state index contributed by atoms with van der Waals surface area (Å²) in [5.41, 5.74) is 1.13. The van der Waals surface area contributed by atoms with Crippen LogP contribution in [0.4, 0.5) is 0 Å². The normalized spacial score (nSPS) is 10.1. The molecule has 0 saturated carbocycles. The fourth-order valence-electron chi connectivity index (χ4n) is 1.24. The van der Waals surface area contributed by atoms with Crippen molar-refractivity contribution >= 4 is 37.8 Å². The second-order valence-electron chi connectivity index (χ2n) is 3.28. The third kappa shape index (κ3) is 3.95. The van der Waals surface area contributed by atoms with Gasteiger partial charge in [0, 0.05) is 29.8 Å². The number of carbonyl (C=O) groups excluding carboxylic acids is 1. The van der Waals surface area contributed by atoms with Gasteiger partial charge in [-0.25, -0.2) is 0 Å². The molecule has 1 aromatic rings. The van der Waals surface area contributed by atoms with Crippen molar-refractivity contribution in [3.05, 3.63) is 34.3 Å². The summed E-state index contributed by atoms with van der Waals surface area (Å²) in [5.74, 6) is 0.155. The molecule has 0 radical (unpaired) electrons. The SMILES string of the molecule is CN(Cc1ccccc1Br)C(=O)CCBr. The third-order valence-electron chi connectivity index (χ3n) is 2.10. The van der Waals surface area contributed by atoms with Crippen LogP contribution >= 0.6 is 31.9 Å². The van der Waals surface area contributed by atoms with Gasteiger partial charge in [0.2, 0.25) is 5.91 Å². The van der Waals surface area contributed by atoms with Crippen molar-refractivity contribution in [3.63, 3.8) is 0 Å². The molecule has 0 saturated heterocycles. The maximum absolute atomic E-state index is 11.5. The lowest BCUT2D eigenvalue weighted by atomic mass is 10.2. The number of halogens is 2. The van der Waals surface area contributed by atoms with Gasteiger partial charge >= 0.3 is 0 Å². The van der Waals surface area contributed by atoms with Crippen molar-refractivity contribution in [2.45, 2.75) is 13.0 Å². The Kier molecular flexibility index (Phi) is 5.32. The van der Waals surface area contributed by atoms with Crippen molar-refractivity contribution in [2.75, 3.05) is 12.4 Å². The van der Waals surface area contributed by atoms with Gasteiger partial charge in [0.1, 0.15) is 0 Å². The molecule has 82 valence electrons. The van der Waals surface area contributed by atoms with E-state index in [9.17, 15) is 4.79 Å². The molecule has 15 heavy (non-hydrogen) atoms. The van der Waals surface area contributed by atoms with Gasteiger partial charge < -0.3 is 4.90 Å². The lowest BCUT2D eigenvalue weighted by Gasteiger charge is -2.17. The van der Waals surface area contributed by atoms with Crippen LogP contribution < -0.4 is 0 Å². The van der Waals surface area contributed by atoms with Crippen LogP contribution in [0.3, 0.4) is 0 Å². The van der Waals surface area contributed by atoms with Gasteiger partial charge in [-0.3, -0.25) is 4.79 Å². The van der Waals surface area contributed by atoms with Crippen molar-refractivity contribution in [1.82, 2.24) is 4.90 Å². The van der Waals surface area contributed by atoms with Crippen molar-refractivity contribution < 1.29 is 4.79 Å². The molecule has 1 aromatic carbocycles. The van der Waals surface area contributed by atoms with E-state index in [1.807, 2.05) is 31.3 Å². The molecule has 0 aromatic heterocycles. The highest BCUT2D eigenvalue weighted by molar-refractivity contribution is 9.10. The Labute approximate surface area is 107 Å². The zero-order valence-electron chi connectivity index (χ0n) is 8.54. The number of rotatable bonds is 4. The summed E-state index contributed by atoms with van der Waals surface area (Å²) in [6, 6.07) is 7.94. The highest BCUT2D eigenvalue weighted by Gasteiger charge is 2.09. The first-order chi connectivity index (χ1) is 7.15. The van der Waals surface area contributed by atoms with Gasteiger partial charge in [0.05, 0.1) is 0 Å². The fourth-order valence-corrected chi connectivity index (χ4v) is 1.99.